The largest absolute Gasteiger partial charge is 0.465 e. The summed E-state index contributed by atoms with van der Waals surface area (Å²) in [6, 6.07) is 3.04. The molecule has 0 aromatic heterocycles. The lowest BCUT2D eigenvalue weighted by molar-refractivity contribution is -0.140. The van der Waals surface area contributed by atoms with Crippen molar-refractivity contribution < 1.29 is 29.0 Å². The number of ether oxygens (including phenoxy) is 2. The average molecular weight is 437 g/mol. The van der Waals surface area contributed by atoms with Crippen molar-refractivity contribution in [1.29, 1.82) is 10.5 Å². The van der Waals surface area contributed by atoms with E-state index >= 15 is 0 Å². The molecule has 3 unspecified atom stereocenters. The summed E-state index contributed by atoms with van der Waals surface area (Å²) in [5.41, 5.74) is 1.82. The lowest BCUT2D eigenvalue weighted by Crippen LogP contribution is -2.50. The third-order valence-corrected chi connectivity index (χ3v) is 5.52. The van der Waals surface area contributed by atoms with E-state index in [2.05, 4.69) is 24.2 Å². The Bertz CT molecular complexity index is 1010. The van der Waals surface area contributed by atoms with Crippen LogP contribution in [0, 0.1) is 45.8 Å². The predicted molar refractivity (Wildman–Crippen MR) is 110 cm³/mol. The summed E-state index contributed by atoms with van der Waals surface area (Å²) in [6.07, 6.45) is 1.37. The first kappa shape index (κ1) is 24.3. The van der Waals surface area contributed by atoms with E-state index in [1.807, 2.05) is 12.1 Å². The first-order valence-electron chi connectivity index (χ1n) is 9.88. The maximum absolute atomic E-state index is 11.9. The monoisotopic (exact) mass is 437 g/mol. The van der Waals surface area contributed by atoms with Gasteiger partial charge >= 0.3 is 18.0 Å². The van der Waals surface area contributed by atoms with E-state index in [9.17, 15) is 30.0 Å². The van der Waals surface area contributed by atoms with Gasteiger partial charge in [-0.3, -0.25) is 14.5 Å². The number of carbonyl (C=O) groups excluding carboxylic acids is 2. The van der Waals surface area contributed by atoms with Crippen molar-refractivity contribution in [3.8, 4) is 24.0 Å². The Kier molecular flexibility index (Phi) is 7.86. The molecule has 32 heavy (non-hydrogen) atoms. The van der Waals surface area contributed by atoms with Crippen molar-refractivity contribution in [3.05, 3.63) is 29.5 Å². The molecular formula is C23H23N3O6. The van der Waals surface area contributed by atoms with E-state index < -0.39 is 41.4 Å². The summed E-state index contributed by atoms with van der Waals surface area (Å²) in [5, 5.41) is 29.7. The number of nitriles is 2. The highest BCUT2D eigenvalue weighted by Gasteiger charge is 2.52. The second-order valence-electron chi connectivity index (χ2n) is 7.42. The maximum Gasteiger partial charge on any atom is 0.408 e. The van der Waals surface area contributed by atoms with Crippen LogP contribution in [0.4, 0.5) is 4.79 Å². The molecule has 3 atom stereocenters. The van der Waals surface area contributed by atoms with Gasteiger partial charge in [-0.05, 0) is 18.4 Å². The van der Waals surface area contributed by atoms with Crippen LogP contribution in [0.1, 0.15) is 33.1 Å². The molecule has 0 aliphatic carbocycles. The van der Waals surface area contributed by atoms with Crippen LogP contribution in [0.3, 0.4) is 0 Å². The zero-order valence-corrected chi connectivity index (χ0v) is 17.9. The standard InChI is InChI=1S/C23H23N3O6/c1-4-17(12-32-16(3)28)21-19(11-18-7-8-20(21)26(18)22(29)30)23(13-24,14-25)9-5-6-10-31-15(2)27/h11,18,20-21H,1,7-10,12H2,2-3H3,(H,29,30). The van der Waals surface area contributed by atoms with Crippen molar-refractivity contribution in [2.75, 3.05) is 13.2 Å². The summed E-state index contributed by atoms with van der Waals surface area (Å²) >= 11 is 0. The molecule has 0 aromatic carbocycles. The topological polar surface area (TPSA) is 141 Å². The molecule has 1 amide bonds. The van der Waals surface area contributed by atoms with Crippen molar-refractivity contribution in [1.82, 2.24) is 4.90 Å². The molecule has 9 nitrogen and oxygen atoms in total. The van der Waals surface area contributed by atoms with Gasteiger partial charge in [-0.15, -0.1) is 5.73 Å². The highest BCUT2D eigenvalue weighted by atomic mass is 16.5. The van der Waals surface area contributed by atoms with Crippen LogP contribution < -0.4 is 0 Å². The lowest BCUT2D eigenvalue weighted by Gasteiger charge is -2.41. The number of amides is 1. The van der Waals surface area contributed by atoms with E-state index in [1.165, 1.54) is 18.7 Å². The number of esters is 2. The van der Waals surface area contributed by atoms with Crippen LogP contribution in [0.2, 0.25) is 0 Å². The molecule has 2 aliphatic heterocycles. The average Bonchev–Trinajstić information content (AvgIpc) is 3.07. The third kappa shape index (κ3) is 5.01. The first-order chi connectivity index (χ1) is 15.2. The molecular weight excluding hydrogens is 414 g/mol. The van der Waals surface area contributed by atoms with Crippen LogP contribution in [0.5, 0.6) is 0 Å². The minimum Gasteiger partial charge on any atom is -0.465 e. The number of rotatable bonds is 6. The van der Waals surface area contributed by atoms with Crippen LogP contribution in [0.25, 0.3) is 0 Å². The fourth-order valence-corrected chi connectivity index (χ4v) is 4.14. The molecule has 9 heteroatoms. The smallest absolute Gasteiger partial charge is 0.408 e. The summed E-state index contributed by atoms with van der Waals surface area (Å²) in [7, 11) is 0. The fraction of sp³-hybridized carbons (Fsp3) is 0.478. The molecule has 0 aromatic rings. The second-order valence-corrected chi connectivity index (χ2v) is 7.42. The first-order valence-corrected chi connectivity index (χ1v) is 9.88. The highest BCUT2D eigenvalue weighted by molar-refractivity contribution is 5.69. The van der Waals surface area contributed by atoms with Gasteiger partial charge in [0.15, 0.2) is 12.0 Å². The Morgan fingerprint density at radius 2 is 1.84 bits per heavy atom. The number of carboxylic acid groups (broad SMARTS) is 1. The van der Waals surface area contributed by atoms with E-state index in [0.717, 1.165) is 0 Å². The van der Waals surface area contributed by atoms with Gasteiger partial charge in [0.2, 0.25) is 0 Å². The SMILES string of the molecule is C=C=C(COC(C)=O)C1C(C(C#N)(C#N)CC#CCOC(C)=O)=CC2CCC1N2C(=O)O. The molecule has 166 valence electrons. The Hall–Kier alpha value is -3.99. The van der Waals surface area contributed by atoms with Gasteiger partial charge in [-0.25, -0.2) is 4.79 Å². The van der Waals surface area contributed by atoms with Crippen LogP contribution >= 0.6 is 0 Å². The van der Waals surface area contributed by atoms with Crippen molar-refractivity contribution in [3.63, 3.8) is 0 Å². The third-order valence-electron chi connectivity index (χ3n) is 5.52. The summed E-state index contributed by atoms with van der Waals surface area (Å²) < 4.78 is 9.85. The zero-order valence-electron chi connectivity index (χ0n) is 17.9. The van der Waals surface area contributed by atoms with Gasteiger partial charge in [0.1, 0.15) is 6.61 Å². The van der Waals surface area contributed by atoms with E-state index in [-0.39, 0.29) is 19.6 Å². The number of nitrogens with zero attached hydrogens (tertiary/aromatic N) is 3. The molecule has 2 aliphatic rings. The van der Waals surface area contributed by atoms with E-state index in [0.29, 0.717) is 24.0 Å². The highest BCUT2D eigenvalue weighted by Crippen LogP contribution is 2.49. The minimum atomic E-state index is -1.68. The normalized spacial score (nSPS) is 20.9. The van der Waals surface area contributed by atoms with Crippen LogP contribution in [-0.4, -0.2) is 53.3 Å². The van der Waals surface area contributed by atoms with E-state index in [4.69, 9.17) is 9.47 Å². The lowest BCUT2D eigenvalue weighted by atomic mass is 9.68. The molecule has 2 rings (SSSR count). The fourth-order valence-electron chi connectivity index (χ4n) is 4.14. The molecule has 1 fully saturated rings. The Morgan fingerprint density at radius 3 is 2.38 bits per heavy atom. The van der Waals surface area contributed by atoms with Crippen molar-refractivity contribution >= 4 is 18.0 Å². The summed E-state index contributed by atoms with van der Waals surface area (Å²) in [6.45, 7) is 5.76. The Labute approximate surface area is 186 Å². The second kappa shape index (κ2) is 10.4. The van der Waals surface area contributed by atoms with Crippen molar-refractivity contribution in [2.24, 2.45) is 11.3 Å². The number of hydrogen-bond acceptors (Lipinski definition) is 7. The van der Waals surface area contributed by atoms with Crippen LogP contribution in [-0.2, 0) is 19.1 Å². The summed E-state index contributed by atoms with van der Waals surface area (Å²) in [5.74, 6) is 3.56. The number of fused-ring (bicyclic) bond motifs is 2. The van der Waals surface area contributed by atoms with Gasteiger partial charge in [-0.1, -0.05) is 24.5 Å². The van der Waals surface area contributed by atoms with Gasteiger partial charge < -0.3 is 14.6 Å². The van der Waals surface area contributed by atoms with Gasteiger partial charge in [0, 0.05) is 37.8 Å². The molecule has 1 saturated heterocycles. The molecule has 2 bridgehead atoms. The zero-order chi connectivity index (χ0) is 23.9. The van der Waals surface area contributed by atoms with Gasteiger partial charge in [0.05, 0.1) is 18.2 Å². The Morgan fingerprint density at radius 1 is 1.19 bits per heavy atom. The number of hydrogen-bond donors (Lipinski definition) is 1. The Balaban J connectivity index is 2.52. The van der Waals surface area contributed by atoms with Crippen LogP contribution in [0.15, 0.2) is 29.5 Å². The van der Waals surface area contributed by atoms with Crippen molar-refractivity contribution in [2.45, 2.75) is 45.2 Å². The minimum absolute atomic E-state index is 0.173. The molecule has 0 saturated carbocycles. The predicted octanol–water partition coefficient (Wildman–Crippen LogP) is 2.32. The molecule has 1 N–H and O–H groups in total. The van der Waals surface area contributed by atoms with Gasteiger partial charge in [0.25, 0.3) is 0 Å². The maximum atomic E-state index is 11.9. The van der Waals surface area contributed by atoms with Gasteiger partial charge in [-0.2, -0.15) is 10.5 Å². The number of carbonyl (C=O) groups is 3. The summed E-state index contributed by atoms with van der Waals surface area (Å²) in [4.78, 5) is 35.4. The molecule has 0 radical (unpaired) electrons. The molecule has 0 spiro atoms. The quantitative estimate of drug-likeness (QED) is 0.289. The van der Waals surface area contributed by atoms with E-state index in [1.54, 1.807) is 6.08 Å². The molecule has 2 heterocycles.